The number of halogens is 2. The Hall–Kier alpha value is -1.98. The van der Waals surface area contributed by atoms with Gasteiger partial charge in [0.1, 0.15) is 17.4 Å². The number of methoxy groups -OCH3 is 1. The standard InChI is InChI=1S/C14H21FN2.C7H7FO/c15-14-6-2-1-5-12(14)11-13(16)7-10-17-8-3-4-9-17;1-9-7-4-2-3-6(8)5-7/h1-2,5-6,13H,3-4,7-11,16H2;2-5H,1H3. The molecule has 26 heavy (non-hydrogen) atoms. The Morgan fingerprint density at radius 2 is 1.81 bits per heavy atom. The summed E-state index contributed by atoms with van der Waals surface area (Å²) in [4.78, 5) is 2.45. The number of hydrogen-bond donors (Lipinski definition) is 1. The maximum atomic E-state index is 13.4. The van der Waals surface area contributed by atoms with E-state index in [1.54, 1.807) is 18.2 Å². The Labute approximate surface area is 154 Å². The first-order valence-corrected chi connectivity index (χ1v) is 9.09. The van der Waals surface area contributed by atoms with Crippen LogP contribution in [0.3, 0.4) is 0 Å². The van der Waals surface area contributed by atoms with Crippen LogP contribution in [0.15, 0.2) is 48.5 Å². The first kappa shape index (κ1) is 20.3. The fraction of sp³-hybridized carbons (Fsp3) is 0.429. The summed E-state index contributed by atoms with van der Waals surface area (Å²) in [5.41, 5.74) is 6.80. The van der Waals surface area contributed by atoms with Crippen LogP contribution >= 0.6 is 0 Å². The van der Waals surface area contributed by atoms with E-state index in [1.807, 2.05) is 12.1 Å². The van der Waals surface area contributed by atoms with Gasteiger partial charge >= 0.3 is 0 Å². The molecule has 1 fully saturated rings. The molecule has 0 spiro atoms. The van der Waals surface area contributed by atoms with Crippen LogP contribution in [0.4, 0.5) is 8.78 Å². The zero-order valence-corrected chi connectivity index (χ0v) is 15.3. The second-order valence-electron chi connectivity index (χ2n) is 6.55. The number of nitrogens with two attached hydrogens (primary N) is 1. The molecule has 2 aromatic rings. The summed E-state index contributed by atoms with van der Waals surface area (Å²) < 4.78 is 30.5. The summed E-state index contributed by atoms with van der Waals surface area (Å²) in [5, 5.41) is 0. The van der Waals surface area contributed by atoms with E-state index >= 15 is 0 Å². The van der Waals surface area contributed by atoms with Gasteiger partial charge in [-0.3, -0.25) is 0 Å². The van der Waals surface area contributed by atoms with Crippen molar-refractivity contribution in [2.45, 2.75) is 31.7 Å². The lowest BCUT2D eigenvalue weighted by atomic mass is 10.0. The molecule has 5 heteroatoms. The number of hydrogen-bond acceptors (Lipinski definition) is 3. The van der Waals surface area contributed by atoms with Gasteiger partial charge in [0.25, 0.3) is 0 Å². The minimum Gasteiger partial charge on any atom is -0.497 e. The monoisotopic (exact) mass is 362 g/mol. The van der Waals surface area contributed by atoms with E-state index in [4.69, 9.17) is 10.5 Å². The molecule has 142 valence electrons. The molecule has 0 aromatic heterocycles. The molecule has 1 aliphatic heterocycles. The third-order valence-electron chi connectivity index (χ3n) is 4.49. The second-order valence-corrected chi connectivity index (χ2v) is 6.55. The predicted octanol–water partition coefficient (Wildman–Crippen LogP) is 4.02. The van der Waals surface area contributed by atoms with E-state index in [-0.39, 0.29) is 17.7 Å². The Kier molecular flexibility index (Phi) is 8.51. The van der Waals surface area contributed by atoms with Gasteiger partial charge in [-0.25, -0.2) is 8.78 Å². The summed E-state index contributed by atoms with van der Waals surface area (Å²) in [6.45, 7) is 3.45. The number of ether oxygens (including phenoxy) is 1. The SMILES string of the molecule is COc1cccc(F)c1.NC(CCN1CCCC1)Cc1ccccc1F. The zero-order valence-electron chi connectivity index (χ0n) is 15.3. The van der Waals surface area contributed by atoms with E-state index in [9.17, 15) is 8.78 Å². The van der Waals surface area contributed by atoms with Gasteiger partial charge in [-0.1, -0.05) is 24.3 Å². The summed E-state index contributed by atoms with van der Waals surface area (Å²) in [6.07, 6.45) is 4.21. The first-order chi connectivity index (χ1) is 12.6. The van der Waals surface area contributed by atoms with Crippen molar-refractivity contribution in [3.63, 3.8) is 0 Å². The van der Waals surface area contributed by atoms with Gasteiger partial charge in [-0.05, 0) is 69.1 Å². The Balaban J connectivity index is 0.000000228. The van der Waals surface area contributed by atoms with Crippen LogP contribution in [0.1, 0.15) is 24.8 Å². The third-order valence-corrected chi connectivity index (χ3v) is 4.49. The predicted molar refractivity (Wildman–Crippen MR) is 101 cm³/mol. The molecule has 0 amide bonds. The van der Waals surface area contributed by atoms with Crippen molar-refractivity contribution in [3.8, 4) is 5.75 Å². The highest BCUT2D eigenvalue weighted by molar-refractivity contribution is 5.22. The number of rotatable bonds is 6. The van der Waals surface area contributed by atoms with Gasteiger partial charge in [-0.15, -0.1) is 0 Å². The maximum Gasteiger partial charge on any atom is 0.126 e. The summed E-state index contributed by atoms with van der Waals surface area (Å²) in [7, 11) is 1.51. The van der Waals surface area contributed by atoms with Crippen molar-refractivity contribution in [1.29, 1.82) is 0 Å². The van der Waals surface area contributed by atoms with Crippen molar-refractivity contribution in [3.05, 3.63) is 65.7 Å². The normalized spacial score (nSPS) is 15.2. The van der Waals surface area contributed by atoms with E-state index in [1.165, 1.54) is 51.2 Å². The summed E-state index contributed by atoms with van der Waals surface area (Å²) in [5.74, 6) is 0.147. The quantitative estimate of drug-likeness (QED) is 0.844. The highest BCUT2D eigenvalue weighted by atomic mass is 19.1. The molecule has 1 aliphatic rings. The molecule has 1 heterocycles. The van der Waals surface area contributed by atoms with Gasteiger partial charge in [0, 0.05) is 12.1 Å². The maximum absolute atomic E-state index is 13.4. The number of likely N-dealkylation sites (tertiary alicyclic amines) is 1. The Morgan fingerprint density at radius 1 is 1.08 bits per heavy atom. The Bertz CT molecular complexity index is 660. The van der Waals surface area contributed by atoms with E-state index < -0.39 is 0 Å². The highest BCUT2D eigenvalue weighted by Gasteiger charge is 2.13. The lowest BCUT2D eigenvalue weighted by Gasteiger charge is -2.18. The van der Waals surface area contributed by atoms with Gasteiger partial charge < -0.3 is 15.4 Å². The van der Waals surface area contributed by atoms with Crippen LogP contribution < -0.4 is 10.5 Å². The van der Waals surface area contributed by atoms with Crippen molar-refractivity contribution < 1.29 is 13.5 Å². The topological polar surface area (TPSA) is 38.5 Å². The largest absolute Gasteiger partial charge is 0.497 e. The zero-order chi connectivity index (χ0) is 18.8. The summed E-state index contributed by atoms with van der Waals surface area (Å²) in [6, 6.07) is 13.0. The molecular weight excluding hydrogens is 334 g/mol. The molecular formula is C21H28F2N2O. The lowest BCUT2D eigenvalue weighted by Crippen LogP contribution is -2.30. The lowest BCUT2D eigenvalue weighted by molar-refractivity contribution is 0.320. The average Bonchev–Trinajstić information content (AvgIpc) is 3.16. The van der Waals surface area contributed by atoms with Crippen molar-refractivity contribution in [2.24, 2.45) is 5.73 Å². The molecule has 3 rings (SSSR count). The van der Waals surface area contributed by atoms with Crippen LogP contribution in [0.2, 0.25) is 0 Å². The highest BCUT2D eigenvalue weighted by Crippen LogP contribution is 2.12. The molecule has 0 bridgehead atoms. The second kappa shape index (κ2) is 10.9. The van der Waals surface area contributed by atoms with Gasteiger partial charge in [-0.2, -0.15) is 0 Å². The fourth-order valence-corrected chi connectivity index (χ4v) is 3.00. The van der Waals surface area contributed by atoms with Crippen LogP contribution in [-0.4, -0.2) is 37.7 Å². The van der Waals surface area contributed by atoms with Gasteiger partial charge in [0.2, 0.25) is 0 Å². The van der Waals surface area contributed by atoms with E-state index in [2.05, 4.69) is 4.90 Å². The number of nitrogens with zero attached hydrogens (tertiary/aromatic N) is 1. The van der Waals surface area contributed by atoms with Crippen LogP contribution in [0.25, 0.3) is 0 Å². The van der Waals surface area contributed by atoms with E-state index in [0.717, 1.165) is 18.5 Å². The smallest absolute Gasteiger partial charge is 0.126 e. The molecule has 1 atom stereocenters. The van der Waals surface area contributed by atoms with Crippen molar-refractivity contribution in [2.75, 3.05) is 26.7 Å². The van der Waals surface area contributed by atoms with Gasteiger partial charge in [0.15, 0.2) is 0 Å². The Morgan fingerprint density at radius 3 is 2.42 bits per heavy atom. The van der Waals surface area contributed by atoms with Crippen LogP contribution in [0, 0.1) is 11.6 Å². The third kappa shape index (κ3) is 7.10. The molecule has 3 nitrogen and oxygen atoms in total. The van der Waals surface area contributed by atoms with E-state index in [0.29, 0.717) is 12.2 Å². The van der Waals surface area contributed by atoms with Crippen LogP contribution in [-0.2, 0) is 6.42 Å². The molecule has 1 saturated heterocycles. The summed E-state index contributed by atoms with van der Waals surface area (Å²) >= 11 is 0. The molecule has 0 radical (unpaired) electrons. The number of benzene rings is 2. The van der Waals surface area contributed by atoms with Crippen molar-refractivity contribution >= 4 is 0 Å². The molecule has 0 saturated carbocycles. The molecule has 2 aromatic carbocycles. The van der Waals surface area contributed by atoms with Crippen molar-refractivity contribution in [1.82, 2.24) is 4.90 Å². The molecule has 0 aliphatic carbocycles. The first-order valence-electron chi connectivity index (χ1n) is 9.09. The van der Waals surface area contributed by atoms with Crippen LogP contribution in [0.5, 0.6) is 5.75 Å². The minimum absolute atomic E-state index is 0.0625. The molecule has 2 N–H and O–H groups in total. The minimum atomic E-state index is -0.269. The average molecular weight is 362 g/mol. The fourth-order valence-electron chi connectivity index (χ4n) is 3.00. The molecule has 1 unspecified atom stereocenters. The van der Waals surface area contributed by atoms with Gasteiger partial charge in [0.05, 0.1) is 7.11 Å².